The third-order valence-electron chi connectivity index (χ3n) is 3.22. The highest BCUT2D eigenvalue weighted by atomic mass is 16.4. The summed E-state index contributed by atoms with van der Waals surface area (Å²) in [5.41, 5.74) is 8.23. The molecule has 1 aromatic rings. The van der Waals surface area contributed by atoms with Gasteiger partial charge < -0.3 is 10.8 Å². The lowest BCUT2D eigenvalue weighted by molar-refractivity contribution is -0.139. The van der Waals surface area contributed by atoms with E-state index in [0.29, 0.717) is 6.42 Å². The summed E-state index contributed by atoms with van der Waals surface area (Å²) < 4.78 is 0. The monoisotopic (exact) mass is 249 g/mol. The van der Waals surface area contributed by atoms with Crippen LogP contribution in [-0.2, 0) is 11.2 Å². The van der Waals surface area contributed by atoms with Gasteiger partial charge in [-0.2, -0.15) is 0 Å². The minimum atomic E-state index is -0.770. The molecular weight excluding hydrogens is 226 g/mol. The van der Waals surface area contributed by atoms with E-state index in [1.165, 1.54) is 5.56 Å². The Hall–Kier alpha value is -1.35. The van der Waals surface area contributed by atoms with Crippen molar-refractivity contribution in [3.05, 3.63) is 35.4 Å². The molecule has 0 amide bonds. The molecule has 1 atom stereocenters. The summed E-state index contributed by atoms with van der Waals surface area (Å²) in [6.45, 7) is 6.01. The van der Waals surface area contributed by atoms with Crippen LogP contribution < -0.4 is 5.73 Å². The Kier molecular flexibility index (Phi) is 4.91. The van der Waals surface area contributed by atoms with Gasteiger partial charge in [0.25, 0.3) is 0 Å². The summed E-state index contributed by atoms with van der Waals surface area (Å²) in [5.74, 6) is -0.770. The van der Waals surface area contributed by atoms with Crippen molar-refractivity contribution in [2.75, 3.05) is 0 Å². The number of hydrogen-bond donors (Lipinski definition) is 2. The molecule has 0 fully saturated rings. The van der Waals surface area contributed by atoms with E-state index >= 15 is 0 Å². The number of carboxylic acids is 1. The Morgan fingerprint density at radius 3 is 2.33 bits per heavy atom. The van der Waals surface area contributed by atoms with Crippen LogP contribution in [0.25, 0.3) is 0 Å². The lowest BCUT2D eigenvalue weighted by Crippen LogP contribution is -2.24. The summed E-state index contributed by atoms with van der Waals surface area (Å²) in [4.78, 5) is 10.8. The third-order valence-corrected chi connectivity index (χ3v) is 3.22. The number of aliphatic carboxylic acids is 1. The second kappa shape index (κ2) is 6.01. The molecule has 0 heterocycles. The predicted molar refractivity (Wildman–Crippen MR) is 73.4 cm³/mol. The molecular formula is C15H23NO2. The number of rotatable bonds is 6. The molecule has 1 unspecified atom stereocenters. The van der Waals surface area contributed by atoms with Crippen molar-refractivity contribution in [3.8, 4) is 0 Å². The molecule has 0 spiro atoms. The molecule has 1 rings (SSSR count). The minimum Gasteiger partial charge on any atom is -0.481 e. The molecule has 0 aliphatic rings. The fraction of sp³-hybridized carbons (Fsp3) is 0.533. The fourth-order valence-corrected chi connectivity index (χ4v) is 2.20. The van der Waals surface area contributed by atoms with Crippen LogP contribution in [0.4, 0.5) is 0 Å². The Morgan fingerprint density at radius 1 is 1.33 bits per heavy atom. The van der Waals surface area contributed by atoms with Gasteiger partial charge in [-0.15, -0.1) is 0 Å². The summed E-state index contributed by atoms with van der Waals surface area (Å²) in [6, 6.07) is 8.14. The van der Waals surface area contributed by atoms with E-state index in [0.717, 1.165) is 12.0 Å². The fourth-order valence-electron chi connectivity index (χ4n) is 2.20. The van der Waals surface area contributed by atoms with E-state index in [1.54, 1.807) is 0 Å². The van der Waals surface area contributed by atoms with Crippen LogP contribution >= 0.6 is 0 Å². The molecule has 0 saturated heterocycles. The molecule has 3 heteroatoms. The van der Waals surface area contributed by atoms with Gasteiger partial charge in [-0.3, -0.25) is 4.79 Å². The highest BCUT2D eigenvalue weighted by molar-refractivity contribution is 5.67. The molecule has 0 aliphatic heterocycles. The summed E-state index contributed by atoms with van der Waals surface area (Å²) >= 11 is 0. The zero-order chi connectivity index (χ0) is 13.8. The van der Waals surface area contributed by atoms with Crippen molar-refractivity contribution in [3.63, 3.8) is 0 Å². The van der Waals surface area contributed by atoms with Crippen molar-refractivity contribution in [2.45, 2.75) is 46.1 Å². The lowest BCUT2D eigenvalue weighted by Gasteiger charge is -2.26. The van der Waals surface area contributed by atoms with E-state index in [9.17, 15) is 4.79 Å². The van der Waals surface area contributed by atoms with Crippen molar-refractivity contribution in [2.24, 2.45) is 11.1 Å². The van der Waals surface area contributed by atoms with Gasteiger partial charge in [0.15, 0.2) is 0 Å². The average molecular weight is 249 g/mol. The van der Waals surface area contributed by atoms with Gasteiger partial charge in [0.05, 0.1) is 6.42 Å². The first-order valence-electron chi connectivity index (χ1n) is 6.40. The standard InChI is InChI=1S/C15H23NO2/c1-4-11-5-7-12(8-6-11)13(16)9-15(2,3)10-14(17)18/h5-8,13H,4,9-10,16H2,1-3H3,(H,17,18). The molecule has 0 bridgehead atoms. The maximum Gasteiger partial charge on any atom is 0.303 e. The van der Waals surface area contributed by atoms with Crippen molar-refractivity contribution in [1.82, 2.24) is 0 Å². The highest BCUT2D eigenvalue weighted by Gasteiger charge is 2.25. The highest BCUT2D eigenvalue weighted by Crippen LogP contribution is 2.31. The van der Waals surface area contributed by atoms with Gasteiger partial charge in [0.2, 0.25) is 0 Å². The van der Waals surface area contributed by atoms with Gasteiger partial charge in [0, 0.05) is 6.04 Å². The van der Waals surface area contributed by atoms with Crippen LogP contribution in [0.2, 0.25) is 0 Å². The largest absolute Gasteiger partial charge is 0.481 e. The van der Waals surface area contributed by atoms with Crippen molar-refractivity contribution >= 4 is 5.97 Å². The van der Waals surface area contributed by atoms with Gasteiger partial charge in [-0.25, -0.2) is 0 Å². The third kappa shape index (κ3) is 4.49. The van der Waals surface area contributed by atoms with Gasteiger partial charge in [-0.1, -0.05) is 45.0 Å². The van der Waals surface area contributed by atoms with Crippen LogP contribution in [0, 0.1) is 5.41 Å². The molecule has 0 aromatic heterocycles. The molecule has 0 radical (unpaired) electrons. The zero-order valence-electron chi connectivity index (χ0n) is 11.4. The maximum atomic E-state index is 10.8. The number of hydrogen-bond acceptors (Lipinski definition) is 2. The van der Waals surface area contributed by atoms with E-state index in [2.05, 4.69) is 19.1 Å². The number of benzene rings is 1. The molecule has 100 valence electrons. The van der Waals surface area contributed by atoms with Crippen LogP contribution in [0.15, 0.2) is 24.3 Å². The Labute approximate surface area is 109 Å². The molecule has 18 heavy (non-hydrogen) atoms. The molecule has 0 saturated carbocycles. The van der Waals surface area contributed by atoms with Gasteiger partial charge >= 0.3 is 5.97 Å². The topological polar surface area (TPSA) is 63.3 Å². The molecule has 3 nitrogen and oxygen atoms in total. The van der Waals surface area contributed by atoms with Crippen LogP contribution in [0.5, 0.6) is 0 Å². The number of carbonyl (C=O) groups is 1. The first kappa shape index (κ1) is 14.7. The Balaban J connectivity index is 2.68. The zero-order valence-corrected chi connectivity index (χ0v) is 11.4. The van der Waals surface area contributed by atoms with E-state index in [1.807, 2.05) is 26.0 Å². The molecule has 3 N–H and O–H groups in total. The number of nitrogens with two attached hydrogens (primary N) is 1. The second-order valence-corrected chi connectivity index (χ2v) is 5.64. The average Bonchev–Trinajstić information content (AvgIpc) is 2.26. The van der Waals surface area contributed by atoms with Crippen molar-refractivity contribution < 1.29 is 9.90 Å². The molecule has 0 aliphatic carbocycles. The normalized spacial score (nSPS) is 13.3. The number of carboxylic acid groups (broad SMARTS) is 1. The van der Waals surface area contributed by atoms with Crippen LogP contribution in [0.1, 0.15) is 50.8 Å². The predicted octanol–water partition coefficient (Wildman–Crippen LogP) is 3.14. The summed E-state index contributed by atoms with van der Waals surface area (Å²) in [7, 11) is 0. The van der Waals surface area contributed by atoms with E-state index in [4.69, 9.17) is 10.8 Å². The van der Waals surface area contributed by atoms with E-state index < -0.39 is 5.97 Å². The lowest BCUT2D eigenvalue weighted by atomic mass is 9.81. The Morgan fingerprint density at radius 2 is 1.89 bits per heavy atom. The quantitative estimate of drug-likeness (QED) is 0.814. The SMILES string of the molecule is CCc1ccc(C(N)CC(C)(C)CC(=O)O)cc1. The van der Waals surface area contributed by atoms with Crippen molar-refractivity contribution in [1.29, 1.82) is 0 Å². The first-order valence-corrected chi connectivity index (χ1v) is 6.40. The second-order valence-electron chi connectivity index (χ2n) is 5.64. The summed E-state index contributed by atoms with van der Waals surface area (Å²) in [6.07, 6.45) is 1.83. The maximum absolute atomic E-state index is 10.8. The smallest absolute Gasteiger partial charge is 0.303 e. The van der Waals surface area contributed by atoms with Crippen LogP contribution in [0.3, 0.4) is 0 Å². The number of aryl methyl sites for hydroxylation is 1. The summed E-state index contributed by atoms with van der Waals surface area (Å²) in [5, 5.41) is 8.86. The van der Waals surface area contributed by atoms with Crippen LogP contribution in [-0.4, -0.2) is 11.1 Å². The Bertz CT molecular complexity index is 395. The van der Waals surface area contributed by atoms with Gasteiger partial charge in [-0.05, 0) is 29.4 Å². The minimum absolute atomic E-state index is 0.106. The molecule has 1 aromatic carbocycles. The van der Waals surface area contributed by atoms with Gasteiger partial charge in [0.1, 0.15) is 0 Å². The van der Waals surface area contributed by atoms with E-state index in [-0.39, 0.29) is 17.9 Å². The first-order chi connectivity index (χ1) is 8.34.